The Hall–Kier alpha value is -3.03. The molecule has 1 N–H and O–H groups in total. The highest BCUT2D eigenvalue weighted by molar-refractivity contribution is 7.90. The Morgan fingerprint density at radius 3 is 2.17 bits per heavy atom. The first kappa shape index (κ1) is 26.6. The van der Waals surface area contributed by atoms with Gasteiger partial charge in [0, 0.05) is 23.9 Å². The Bertz CT molecular complexity index is 1560. The molecule has 35 heavy (non-hydrogen) atoms. The minimum absolute atomic E-state index is 0.0225. The number of alkyl halides is 3. The minimum atomic E-state index is -4.85. The summed E-state index contributed by atoms with van der Waals surface area (Å²) in [7, 11) is -9.03. The maximum Gasteiger partial charge on any atom is 0.416 e. The molecule has 0 radical (unpaired) electrons. The second-order valence-corrected chi connectivity index (χ2v) is 11.3. The Labute approximate surface area is 200 Å². The summed E-state index contributed by atoms with van der Waals surface area (Å²) in [4.78, 5) is 12.3. The van der Waals surface area contributed by atoms with E-state index in [2.05, 4.69) is 5.10 Å². The molecule has 0 aliphatic rings. The summed E-state index contributed by atoms with van der Waals surface area (Å²) < 4.78 is 99.6. The van der Waals surface area contributed by atoms with E-state index in [4.69, 9.17) is 0 Å². The lowest BCUT2D eigenvalue weighted by atomic mass is 9.96. The number of sulfone groups is 1. The molecule has 0 amide bonds. The predicted molar refractivity (Wildman–Crippen MR) is 121 cm³/mol. The van der Waals surface area contributed by atoms with E-state index < -0.39 is 52.8 Å². The minimum Gasteiger partial charge on any atom is -0.288 e. The molecular formula is C22H21F3N2O6S2. The van der Waals surface area contributed by atoms with Crippen molar-refractivity contribution in [2.75, 3.05) is 6.26 Å². The van der Waals surface area contributed by atoms with E-state index >= 15 is 0 Å². The van der Waals surface area contributed by atoms with Crippen molar-refractivity contribution in [3.8, 4) is 11.3 Å². The standard InChI is InChI=1S/C22H21F3N2O6S2/c1-5-27-20(16-10-12(2)6-9-17(16)35(31,32)33)19(13(3)26-27)21(28)15-8-7-14(22(23,24)25)11-18(15)34(4,29)30/h6-11H,5H2,1-4H3,(H,31,32,33). The van der Waals surface area contributed by atoms with Crippen LogP contribution < -0.4 is 0 Å². The van der Waals surface area contributed by atoms with Gasteiger partial charge in [0.25, 0.3) is 10.1 Å². The highest BCUT2D eigenvalue weighted by Crippen LogP contribution is 2.36. The third kappa shape index (κ3) is 5.16. The summed E-state index contributed by atoms with van der Waals surface area (Å²) >= 11 is 0. The van der Waals surface area contributed by atoms with Crippen molar-refractivity contribution in [3.63, 3.8) is 0 Å². The fourth-order valence-corrected chi connectivity index (χ4v) is 5.31. The summed E-state index contributed by atoms with van der Waals surface area (Å²) in [5, 5.41) is 4.24. The van der Waals surface area contributed by atoms with Crippen LogP contribution in [0.5, 0.6) is 0 Å². The number of carbonyl (C=O) groups excluding carboxylic acids is 1. The zero-order chi connectivity index (χ0) is 26.5. The molecule has 0 atom stereocenters. The first-order valence-corrected chi connectivity index (χ1v) is 13.4. The number of hydrogen-bond acceptors (Lipinski definition) is 6. The van der Waals surface area contributed by atoms with Gasteiger partial charge in [-0.3, -0.25) is 14.0 Å². The fourth-order valence-electron chi connectivity index (χ4n) is 3.74. The molecule has 0 fully saturated rings. The van der Waals surface area contributed by atoms with Gasteiger partial charge < -0.3 is 0 Å². The SMILES string of the molecule is CCn1nc(C)c(C(=O)c2ccc(C(F)(F)F)cc2S(C)(=O)=O)c1-c1cc(C)ccc1S(=O)(=O)O. The van der Waals surface area contributed by atoms with Gasteiger partial charge in [-0.05, 0) is 51.1 Å². The number of benzene rings is 2. The molecule has 0 spiro atoms. The Morgan fingerprint density at radius 2 is 1.66 bits per heavy atom. The van der Waals surface area contributed by atoms with Crippen LogP contribution in [0.15, 0.2) is 46.2 Å². The molecule has 2 aromatic carbocycles. The molecule has 0 bridgehead atoms. The summed E-state index contributed by atoms with van der Waals surface area (Å²) in [6, 6.07) is 5.75. The van der Waals surface area contributed by atoms with Crippen LogP contribution in [0, 0.1) is 13.8 Å². The van der Waals surface area contributed by atoms with Crippen LogP contribution in [0.25, 0.3) is 11.3 Å². The third-order valence-electron chi connectivity index (χ3n) is 5.28. The molecule has 1 aromatic heterocycles. The predicted octanol–water partition coefficient (Wildman–Crippen LogP) is 4.09. The number of carbonyl (C=O) groups is 1. The molecule has 0 saturated carbocycles. The van der Waals surface area contributed by atoms with Crippen molar-refractivity contribution < 1.29 is 39.4 Å². The number of rotatable bonds is 6. The average molecular weight is 531 g/mol. The van der Waals surface area contributed by atoms with Crippen LogP contribution in [-0.2, 0) is 32.7 Å². The number of aryl methyl sites for hydroxylation is 3. The zero-order valence-corrected chi connectivity index (χ0v) is 20.6. The normalized spacial score (nSPS) is 12.7. The third-order valence-corrected chi connectivity index (χ3v) is 7.32. The molecule has 1 heterocycles. The van der Waals surface area contributed by atoms with E-state index in [1.807, 2.05) is 0 Å². The number of hydrogen-bond donors (Lipinski definition) is 1. The van der Waals surface area contributed by atoms with Crippen molar-refractivity contribution in [3.05, 3.63) is 64.3 Å². The second kappa shape index (κ2) is 8.88. The summed E-state index contributed by atoms with van der Waals surface area (Å²) in [5.41, 5.74) is -1.39. The van der Waals surface area contributed by atoms with E-state index in [-0.39, 0.29) is 29.1 Å². The molecule has 0 saturated heterocycles. The Morgan fingerprint density at radius 1 is 1.03 bits per heavy atom. The van der Waals surface area contributed by atoms with E-state index in [1.165, 1.54) is 23.7 Å². The van der Waals surface area contributed by atoms with E-state index in [0.29, 0.717) is 24.0 Å². The van der Waals surface area contributed by atoms with E-state index in [1.54, 1.807) is 13.8 Å². The molecule has 8 nitrogen and oxygen atoms in total. The fraction of sp³-hybridized carbons (Fsp3) is 0.273. The molecule has 0 aliphatic heterocycles. The van der Waals surface area contributed by atoms with Crippen LogP contribution in [-0.4, -0.2) is 43.2 Å². The van der Waals surface area contributed by atoms with E-state index in [9.17, 15) is 39.4 Å². The van der Waals surface area contributed by atoms with Crippen molar-refractivity contribution >= 4 is 25.7 Å². The van der Waals surface area contributed by atoms with Crippen molar-refractivity contribution in [2.24, 2.45) is 0 Å². The van der Waals surface area contributed by atoms with Crippen LogP contribution in [0.3, 0.4) is 0 Å². The Balaban J connectivity index is 2.40. The van der Waals surface area contributed by atoms with Gasteiger partial charge in [-0.25, -0.2) is 8.42 Å². The number of ketones is 1. The molecule has 188 valence electrons. The van der Waals surface area contributed by atoms with Crippen molar-refractivity contribution in [1.82, 2.24) is 9.78 Å². The maximum absolute atomic E-state index is 13.7. The largest absolute Gasteiger partial charge is 0.416 e. The smallest absolute Gasteiger partial charge is 0.288 e. The number of aromatic nitrogens is 2. The Kier molecular flexibility index (Phi) is 6.74. The van der Waals surface area contributed by atoms with Crippen LogP contribution in [0.2, 0.25) is 0 Å². The highest BCUT2D eigenvalue weighted by atomic mass is 32.2. The van der Waals surface area contributed by atoms with Crippen LogP contribution in [0.1, 0.15) is 39.7 Å². The van der Waals surface area contributed by atoms with Gasteiger partial charge in [-0.15, -0.1) is 0 Å². The molecule has 13 heteroatoms. The van der Waals surface area contributed by atoms with Gasteiger partial charge in [0.1, 0.15) is 4.90 Å². The maximum atomic E-state index is 13.7. The van der Waals surface area contributed by atoms with Crippen LogP contribution in [0.4, 0.5) is 13.2 Å². The van der Waals surface area contributed by atoms with Crippen molar-refractivity contribution in [2.45, 2.75) is 43.3 Å². The first-order valence-electron chi connectivity index (χ1n) is 10.1. The summed E-state index contributed by atoms with van der Waals surface area (Å²) in [6.45, 7) is 4.90. The molecule has 0 unspecified atom stereocenters. The van der Waals surface area contributed by atoms with Crippen molar-refractivity contribution in [1.29, 1.82) is 0 Å². The summed E-state index contributed by atoms with van der Waals surface area (Å²) in [6.07, 6.45) is -4.17. The second-order valence-electron chi connectivity index (χ2n) is 7.91. The van der Waals surface area contributed by atoms with Crippen LogP contribution >= 0.6 is 0 Å². The van der Waals surface area contributed by atoms with E-state index in [0.717, 1.165) is 12.1 Å². The average Bonchev–Trinajstić information content (AvgIpc) is 3.06. The van der Waals surface area contributed by atoms with Gasteiger partial charge in [0.15, 0.2) is 15.6 Å². The lowest BCUT2D eigenvalue weighted by Gasteiger charge is -2.15. The lowest BCUT2D eigenvalue weighted by molar-refractivity contribution is -0.137. The highest BCUT2D eigenvalue weighted by Gasteiger charge is 2.35. The first-order chi connectivity index (χ1) is 16.0. The zero-order valence-electron chi connectivity index (χ0n) is 19.0. The van der Waals surface area contributed by atoms with Gasteiger partial charge in [-0.1, -0.05) is 11.6 Å². The van der Waals surface area contributed by atoms with Gasteiger partial charge in [-0.2, -0.15) is 26.7 Å². The molecule has 3 rings (SSSR count). The number of nitrogens with zero attached hydrogens (tertiary/aromatic N) is 2. The number of halogens is 3. The molecular weight excluding hydrogens is 509 g/mol. The monoisotopic (exact) mass is 530 g/mol. The lowest BCUT2D eigenvalue weighted by Crippen LogP contribution is -2.14. The molecule has 0 aliphatic carbocycles. The quantitative estimate of drug-likeness (QED) is 0.376. The summed E-state index contributed by atoms with van der Waals surface area (Å²) in [5.74, 6) is -0.964. The molecule has 3 aromatic rings. The van der Waals surface area contributed by atoms with Gasteiger partial charge in [0.05, 0.1) is 27.4 Å². The van der Waals surface area contributed by atoms with Gasteiger partial charge in [0.2, 0.25) is 0 Å². The topological polar surface area (TPSA) is 123 Å². The van der Waals surface area contributed by atoms with Gasteiger partial charge >= 0.3 is 6.18 Å².